The smallest absolute Gasteiger partial charge is 0.288 e. The number of carbonyl (C=O) groups is 1. The Morgan fingerprint density at radius 2 is 2.15 bits per heavy atom. The van der Waals surface area contributed by atoms with Gasteiger partial charge in [0.1, 0.15) is 11.3 Å². The molecule has 7 heteroatoms. The third kappa shape index (κ3) is 3.10. The molecule has 0 aliphatic rings. The molecular weight excluding hydrogens is 282 g/mol. The van der Waals surface area contributed by atoms with E-state index in [9.17, 15) is 14.9 Å². The molecule has 6 nitrogen and oxygen atoms in total. The number of anilines is 1. The first-order valence-electron chi connectivity index (χ1n) is 5.65. The van der Waals surface area contributed by atoms with Gasteiger partial charge in [0.25, 0.3) is 11.6 Å². The van der Waals surface area contributed by atoms with Crippen LogP contribution in [0.1, 0.15) is 15.9 Å². The highest BCUT2D eigenvalue weighted by Crippen LogP contribution is 2.20. The lowest BCUT2D eigenvalue weighted by Gasteiger charge is -2.06. The van der Waals surface area contributed by atoms with Gasteiger partial charge in [0.05, 0.1) is 10.5 Å². The van der Waals surface area contributed by atoms with Crippen LogP contribution in [0.4, 0.5) is 11.4 Å². The van der Waals surface area contributed by atoms with Crippen molar-refractivity contribution in [2.24, 2.45) is 0 Å². The molecule has 0 aliphatic carbocycles. The largest absolute Gasteiger partial charge is 0.322 e. The van der Waals surface area contributed by atoms with E-state index in [0.29, 0.717) is 5.69 Å². The molecule has 0 spiro atoms. The highest BCUT2D eigenvalue weighted by atomic mass is 35.5. The molecule has 0 atom stereocenters. The number of amides is 1. The zero-order valence-electron chi connectivity index (χ0n) is 10.5. The molecule has 2 rings (SSSR count). The van der Waals surface area contributed by atoms with E-state index in [4.69, 9.17) is 11.6 Å². The molecule has 1 aromatic heterocycles. The number of rotatable bonds is 3. The summed E-state index contributed by atoms with van der Waals surface area (Å²) in [4.78, 5) is 25.8. The molecule has 1 N–H and O–H groups in total. The van der Waals surface area contributed by atoms with E-state index in [2.05, 4.69) is 10.3 Å². The fourth-order valence-electron chi connectivity index (χ4n) is 1.62. The van der Waals surface area contributed by atoms with Gasteiger partial charge in [-0.25, -0.2) is 4.98 Å². The first-order chi connectivity index (χ1) is 9.47. The molecule has 0 radical (unpaired) electrons. The second-order valence-corrected chi connectivity index (χ2v) is 4.47. The fourth-order valence-corrected chi connectivity index (χ4v) is 1.81. The number of halogens is 1. The Hall–Kier alpha value is -2.47. The van der Waals surface area contributed by atoms with Crippen molar-refractivity contribution in [3.8, 4) is 0 Å². The molecule has 0 bridgehead atoms. The van der Waals surface area contributed by atoms with Crippen LogP contribution in [0.3, 0.4) is 0 Å². The van der Waals surface area contributed by atoms with Gasteiger partial charge in [-0.1, -0.05) is 23.7 Å². The highest BCUT2D eigenvalue weighted by molar-refractivity contribution is 6.33. The molecule has 0 saturated carbocycles. The predicted octanol–water partition coefficient (Wildman–Crippen LogP) is 3.20. The van der Waals surface area contributed by atoms with Crippen molar-refractivity contribution in [3.05, 3.63) is 62.9 Å². The summed E-state index contributed by atoms with van der Waals surface area (Å²) in [6, 6.07) is 8.26. The summed E-state index contributed by atoms with van der Waals surface area (Å²) in [6.07, 6.45) is 1.01. The Bertz CT molecular complexity index is 688. The zero-order valence-corrected chi connectivity index (χ0v) is 11.2. The molecule has 20 heavy (non-hydrogen) atoms. The molecule has 0 saturated heterocycles. The Kier molecular flexibility index (Phi) is 3.95. The van der Waals surface area contributed by atoms with Gasteiger partial charge in [0.15, 0.2) is 0 Å². The number of carbonyl (C=O) groups excluding carboxylic acids is 1. The van der Waals surface area contributed by atoms with Gasteiger partial charge in [0, 0.05) is 11.8 Å². The molecule has 0 unspecified atom stereocenters. The maximum Gasteiger partial charge on any atom is 0.288 e. The quantitative estimate of drug-likeness (QED) is 0.534. The maximum absolute atomic E-state index is 12.1. The summed E-state index contributed by atoms with van der Waals surface area (Å²) in [7, 11) is 0. The lowest BCUT2D eigenvalue weighted by Crippen LogP contribution is -2.13. The topological polar surface area (TPSA) is 85.1 Å². The van der Waals surface area contributed by atoms with Crippen LogP contribution in [0.2, 0.25) is 5.15 Å². The Morgan fingerprint density at radius 1 is 1.40 bits per heavy atom. The lowest BCUT2D eigenvalue weighted by molar-refractivity contribution is -0.385. The number of nitrogens with one attached hydrogen (secondary N) is 1. The summed E-state index contributed by atoms with van der Waals surface area (Å²) < 4.78 is 0. The van der Waals surface area contributed by atoms with Gasteiger partial charge < -0.3 is 5.32 Å². The van der Waals surface area contributed by atoms with Crippen LogP contribution in [0.15, 0.2) is 36.5 Å². The summed E-state index contributed by atoms with van der Waals surface area (Å²) >= 11 is 5.80. The van der Waals surface area contributed by atoms with E-state index < -0.39 is 10.8 Å². The van der Waals surface area contributed by atoms with E-state index in [-0.39, 0.29) is 16.4 Å². The summed E-state index contributed by atoms with van der Waals surface area (Å²) in [5.41, 5.74) is 1.23. The number of aryl methyl sites for hydroxylation is 1. The Balaban J connectivity index is 2.29. The van der Waals surface area contributed by atoms with E-state index in [1.807, 2.05) is 13.0 Å². The first-order valence-corrected chi connectivity index (χ1v) is 6.03. The summed E-state index contributed by atoms with van der Waals surface area (Å²) in [5.74, 6) is -0.545. The third-order valence-electron chi connectivity index (χ3n) is 2.56. The molecule has 1 aromatic carbocycles. The summed E-state index contributed by atoms with van der Waals surface area (Å²) in [5, 5.41) is 13.2. The second-order valence-electron chi connectivity index (χ2n) is 4.11. The van der Waals surface area contributed by atoms with Crippen LogP contribution in [-0.4, -0.2) is 15.8 Å². The standard InChI is InChI=1S/C13H10ClN3O3/c1-8-3-2-4-9(5-8)16-13(18)11-6-10(17(19)20)7-15-12(11)14/h2-7H,1H3,(H,16,18). The van der Waals surface area contributed by atoms with Gasteiger partial charge in [-0.2, -0.15) is 0 Å². The maximum atomic E-state index is 12.1. The minimum Gasteiger partial charge on any atom is -0.322 e. The molecule has 1 heterocycles. The van der Waals surface area contributed by atoms with Gasteiger partial charge >= 0.3 is 0 Å². The SMILES string of the molecule is Cc1cccc(NC(=O)c2cc([N+](=O)[O-])cnc2Cl)c1. The van der Waals surface area contributed by atoms with Crippen molar-refractivity contribution >= 4 is 28.9 Å². The number of hydrogen-bond acceptors (Lipinski definition) is 4. The van der Waals surface area contributed by atoms with E-state index in [0.717, 1.165) is 17.8 Å². The first kappa shape index (κ1) is 14.0. The highest BCUT2D eigenvalue weighted by Gasteiger charge is 2.17. The number of nitro groups is 1. The van der Waals surface area contributed by atoms with Crippen LogP contribution >= 0.6 is 11.6 Å². The number of benzene rings is 1. The third-order valence-corrected chi connectivity index (χ3v) is 2.86. The average molecular weight is 292 g/mol. The minimum absolute atomic E-state index is 0.0395. The molecule has 102 valence electrons. The van der Waals surface area contributed by atoms with Crippen LogP contribution in [-0.2, 0) is 0 Å². The molecule has 2 aromatic rings. The van der Waals surface area contributed by atoms with Crippen molar-refractivity contribution in [1.82, 2.24) is 4.98 Å². The van der Waals surface area contributed by atoms with E-state index in [1.54, 1.807) is 18.2 Å². The molecule has 0 aliphatic heterocycles. The second kappa shape index (κ2) is 5.66. The monoisotopic (exact) mass is 291 g/mol. The normalized spacial score (nSPS) is 10.1. The zero-order chi connectivity index (χ0) is 14.7. The van der Waals surface area contributed by atoms with Gasteiger partial charge in [0.2, 0.25) is 0 Å². The lowest BCUT2D eigenvalue weighted by atomic mass is 10.2. The number of hydrogen-bond donors (Lipinski definition) is 1. The number of aromatic nitrogens is 1. The molecule has 1 amide bonds. The average Bonchev–Trinajstić information content (AvgIpc) is 2.38. The van der Waals surface area contributed by atoms with Crippen LogP contribution < -0.4 is 5.32 Å². The molecular formula is C13H10ClN3O3. The number of pyridine rings is 1. The van der Waals surface area contributed by atoms with Crippen molar-refractivity contribution in [1.29, 1.82) is 0 Å². The van der Waals surface area contributed by atoms with Gasteiger partial charge in [-0.05, 0) is 24.6 Å². The predicted molar refractivity (Wildman–Crippen MR) is 75.0 cm³/mol. The van der Waals surface area contributed by atoms with Crippen LogP contribution in [0.5, 0.6) is 0 Å². The van der Waals surface area contributed by atoms with Crippen molar-refractivity contribution in [3.63, 3.8) is 0 Å². The number of nitrogens with zero attached hydrogens (tertiary/aromatic N) is 2. The van der Waals surface area contributed by atoms with Crippen molar-refractivity contribution < 1.29 is 9.72 Å². The summed E-state index contributed by atoms with van der Waals surface area (Å²) in [6.45, 7) is 1.89. The van der Waals surface area contributed by atoms with Gasteiger partial charge in [-0.15, -0.1) is 0 Å². The van der Waals surface area contributed by atoms with Crippen molar-refractivity contribution in [2.45, 2.75) is 6.92 Å². The van der Waals surface area contributed by atoms with Gasteiger partial charge in [-0.3, -0.25) is 14.9 Å². The molecule has 0 fully saturated rings. The fraction of sp³-hybridized carbons (Fsp3) is 0.0769. The van der Waals surface area contributed by atoms with E-state index in [1.165, 1.54) is 0 Å². The Labute approximate surface area is 119 Å². The van der Waals surface area contributed by atoms with E-state index >= 15 is 0 Å². The van der Waals surface area contributed by atoms with Crippen LogP contribution in [0, 0.1) is 17.0 Å². The minimum atomic E-state index is -0.632. The van der Waals surface area contributed by atoms with Crippen molar-refractivity contribution in [2.75, 3.05) is 5.32 Å². The Morgan fingerprint density at radius 3 is 2.80 bits per heavy atom. The van der Waals surface area contributed by atoms with Crippen LogP contribution in [0.25, 0.3) is 0 Å².